The molecule has 0 unspecified atom stereocenters. The zero-order chi connectivity index (χ0) is 16.3. The summed E-state index contributed by atoms with van der Waals surface area (Å²) in [7, 11) is 0. The number of esters is 2. The Kier molecular flexibility index (Phi) is 10.3. The minimum absolute atomic E-state index is 0. The predicted octanol–water partition coefficient (Wildman–Crippen LogP) is 2.79. The number of rotatable bonds is 8. The Morgan fingerprint density at radius 1 is 0.708 bits per heavy atom. The maximum atomic E-state index is 11.6. The number of ether oxygens (including phenoxy) is 2. The van der Waals surface area contributed by atoms with Gasteiger partial charge in [0.15, 0.2) is 0 Å². The van der Waals surface area contributed by atoms with Crippen LogP contribution >= 0.6 is 11.8 Å². The van der Waals surface area contributed by atoms with Crippen LogP contribution in [-0.2, 0) is 9.59 Å². The predicted molar refractivity (Wildman–Crippen MR) is 99.3 cm³/mol. The van der Waals surface area contributed by atoms with Crippen molar-refractivity contribution in [2.75, 3.05) is 11.5 Å². The van der Waals surface area contributed by atoms with E-state index in [2.05, 4.69) is 0 Å². The molecule has 2 aromatic rings. The molecule has 2 rings (SSSR count). The van der Waals surface area contributed by atoms with Crippen molar-refractivity contribution in [2.24, 2.45) is 0 Å². The van der Waals surface area contributed by atoms with Crippen molar-refractivity contribution in [3.8, 4) is 11.5 Å². The summed E-state index contributed by atoms with van der Waals surface area (Å²) in [5, 5.41) is 0. The van der Waals surface area contributed by atoms with Crippen molar-refractivity contribution < 1.29 is 19.1 Å². The molecule has 0 spiro atoms. The summed E-state index contributed by atoms with van der Waals surface area (Å²) in [6, 6.07) is 17.9. The van der Waals surface area contributed by atoms with Gasteiger partial charge in [0.2, 0.25) is 0 Å². The van der Waals surface area contributed by atoms with E-state index in [9.17, 15) is 9.59 Å². The first-order valence-corrected chi connectivity index (χ1v) is 8.49. The van der Waals surface area contributed by atoms with Gasteiger partial charge in [0.05, 0.1) is 12.8 Å². The number of hydrogen-bond donors (Lipinski definition) is 0. The monoisotopic (exact) mass is 452 g/mol. The SMILES string of the molecule is O=C(CCSCCC(=O)Oc1ccccc1)Oc1ccccc1.[SnH2]. The molecule has 126 valence electrons. The van der Waals surface area contributed by atoms with Crippen LogP contribution in [0.25, 0.3) is 0 Å². The van der Waals surface area contributed by atoms with Gasteiger partial charge in [-0.1, -0.05) is 36.4 Å². The summed E-state index contributed by atoms with van der Waals surface area (Å²) in [6.45, 7) is 0. The van der Waals surface area contributed by atoms with Crippen molar-refractivity contribution in [2.45, 2.75) is 12.8 Å². The van der Waals surface area contributed by atoms with E-state index in [0.717, 1.165) is 0 Å². The first-order chi connectivity index (χ1) is 11.2. The van der Waals surface area contributed by atoms with Crippen molar-refractivity contribution >= 4 is 47.6 Å². The van der Waals surface area contributed by atoms with Crippen LogP contribution in [0, 0.1) is 0 Å². The first-order valence-electron chi connectivity index (χ1n) is 7.33. The van der Waals surface area contributed by atoms with E-state index in [4.69, 9.17) is 9.47 Å². The molecule has 2 aromatic carbocycles. The fraction of sp³-hybridized carbons (Fsp3) is 0.222. The molecule has 4 nitrogen and oxygen atoms in total. The Labute approximate surface area is 162 Å². The van der Waals surface area contributed by atoms with Crippen LogP contribution in [0.15, 0.2) is 60.7 Å². The van der Waals surface area contributed by atoms with Crippen molar-refractivity contribution in [1.82, 2.24) is 0 Å². The van der Waals surface area contributed by atoms with E-state index in [0.29, 0.717) is 35.8 Å². The molecule has 0 atom stereocenters. The molecule has 6 heteroatoms. The van der Waals surface area contributed by atoms with Crippen molar-refractivity contribution in [3.05, 3.63) is 60.7 Å². The molecule has 24 heavy (non-hydrogen) atoms. The molecule has 0 aliphatic rings. The number of carbonyl (C=O) groups is 2. The Balaban J connectivity index is 0.00000288. The third kappa shape index (κ3) is 8.40. The number of hydrogen-bond acceptors (Lipinski definition) is 5. The molecule has 0 saturated heterocycles. The molecule has 0 N–H and O–H groups in total. The van der Waals surface area contributed by atoms with Gasteiger partial charge in [0, 0.05) is 11.5 Å². The van der Waals surface area contributed by atoms with E-state index in [1.165, 1.54) is 11.8 Å². The standard InChI is InChI=1S/C18H18O4S.Sn.2H/c19-17(21-15-7-3-1-4-8-15)11-13-23-14-12-18(20)22-16-9-5-2-6-10-16;;;/h1-10H,11-14H2;;;. The molecular formula is C18H20O4SSn. The molecular weight excluding hydrogens is 431 g/mol. The number of para-hydroxylation sites is 2. The fourth-order valence-corrected chi connectivity index (χ4v) is 2.58. The third-order valence-electron chi connectivity index (χ3n) is 2.85. The number of thioether (sulfide) groups is 1. The quantitative estimate of drug-likeness (QED) is 0.268. The van der Waals surface area contributed by atoms with Crippen LogP contribution < -0.4 is 9.47 Å². The molecule has 0 heterocycles. The van der Waals surface area contributed by atoms with Gasteiger partial charge in [0.1, 0.15) is 11.5 Å². The number of carbonyl (C=O) groups excluding carboxylic acids is 2. The molecule has 0 amide bonds. The molecule has 0 aromatic heterocycles. The van der Waals surface area contributed by atoms with Gasteiger partial charge in [-0.2, -0.15) is 11.8 Å². The second-order valence-electron chi connectivity index (χ2n) is 4.69. The van der Waals surface area contributed by atoms with E-state index < -0.39 is 0 Å². The summed E-state index contributed by atoms with van der Waals surface area (Å²) in [5.74, 6) is 1.79. The Bertz CT molecular complexity index is 564. The second kappa shape index (κ2) is 12.0. The minimum atomic E-state index is -0.268. The van der Waals surface area contributed by atoms with Gasteiger partial charge in [-0.15, -0.1) is 0 Å². The molecule has 0 saturated carbocycles. The molecule has 2 radical (unpaired) electrons. The van der Waals surface area contributed by atoms with Crippen LogP contribution in [0.5, 0.6) is 11.5 Å². The normalized spacial score (nSPS) is 9.67. The Hall–Kier alpha value is -1.47. The van der Waals surface area contributed by atoms with Gasteiger partial charge in [-0.3, -0.25) is 9.59 Å². The third-order valence-corrected chi connectivity index (χ3v) is 3.84. The van der Waals surface area contributed by atoms with Gasteiger partial charge >= 0.3 is 35.8 Å². The van der Waals surface area contributed by atoms with Gasteiger partial charge < -0.3 is 9.47 Å². The van der Waals surface area contributed by atoms with Gasteiger partial charge in [0.25, 0.3) is 0 Å². The zero-order valence-electron chi connectivity index (χ0n) is 13.4. The van der Waals surface area contributed by atoms with Crippen LogP contribution in [0.1, 0.15) is 12.8 Å². The molecule has 0 aliphatic heterocycles. The van der Waals surface area contributed by atoms with E-state index >= 15 is 0 Å². The van der Waals surface area contributed by atoms with E-state index in [1.54, 1.807) is 24.3 Å². The number of benzene rings is 2. The molecule has 0 bridgehead atoms. The van der Waals surface area contributed by atoms with Gasteiger partial charge in [-0.05, 0) is 24.3 Å². The van der Waals surface area contributed by atoms with Crippen molar-refractivity contribution in [3.63, 3.8) is 0 Å². The summed E-state index contributed by atoms with van der Waals surface area (Å²) >= 11 is 1.53. The Morgan fingerprint density at radius 2 is 1.08 bits per heavy atom. The van der Waals surface area contributed by atoms with Crippen LogP contribution in [-0.4, -0.2) is 47.4 Å². The summed E-state index contributed by atoms with van der Waals surface area (Å²) in [5.41, 5.74) is 0. The van der Waals surface area contributed by atoms with Crippen LogP contribution in [0.2, 0.25) is 0 Å². The summed E-state index contributed by atoms with van der Waals surface area (Å²) in [6.07, 6.45) is 0.626. The molecule has 0 aliphatic carbocycles. The average Bonchev–Trinajstić information content (AvgIpc) is 2.56. The maximum absolute atomic E-state index is 11.6. The Morgan fingerprint density at radius 3 is 1.46 bits per heavy atom. The van der Waals surface area contributed by atoms with Gasteiger partial charge in [-0.25, -0.2) is 0 Å². The molecule has 0 fully saturated rings. The van der Waals surface area contributed by atoms with Crippen LogP contribution in [0.3, 0.4) is 0 Å². The topological polar surface area (TPSA) is 52.6 Å². The second-order valence-corrected chi connectivity index (χ2v) is 5.91. The fourth-order valence-electron chi connectivity index (χ4n) is 1.76. The summed E-state index contributed by atoms with van der Waals surface area (Å²) in [4.78, 5) is 23.2. The zero-order valence-corrected chi connectivity index (χ0v) is 18.2. The van der Waals surface area contributed by atoms with Crippen molar-refractivity contribution in [1.29, 1.82) is 0 Å². The van der Waals surface area contributed by atoms with Crippen LogP contribution in [0.4, 0.5) is 0 Å². The summed E-state index contributed by atoms with van der Waals surface area (Å²) < 4.78 is 10.4. The first kappa shape index (κ1) is 20.6. The van der Waals surface area contributed by atoms with E-state index in [1.807, 2.05) is 36.4 Å². The average molecular weight is 451 g/mol. The van der Waals surface area contributed by atoms with E-state index in [-0.39, 0.29) is 35.8 Å².